The van der Waals surface area contributed by atoms with E-state index in [1.165, 1.54) is 19.1 Å². The van der Waals surface area contributed by atoms with Gasteiger partial charge in [0.15, 0.2) is 17.4 Å². The van der Waals surface area contributed by atoms with Crippen LogP contribution >= 0.6 is 0 Å². The van der Waals surface area contributed by atoms with Crippen molar-refractivity contribution in [3.8, 4) is 0 Å². The number of carbonyl (C=O) groups is 1. The first-order chi connectivity index (χ1) is 7.57. The fourth-order valence-electron chi connectivity index (χ4n) is 1.37. The molecule has 4 heteroatoms. The van der Waals surface area contributed by atoms with Crippen molar-refractivity contribution < 1.29 is 13.6 Å². The quantitative estimate of drug-likeness (QED) is 0.618. The number of hydrogen-bond donors (Lipinski definition) is 1. The maximum absolute atomic E-state index is 13.4. The number of hydrogen-bond acceptors (Lipinski definition) is 2. The lowest BCUT2D eigenvalue weighted by Gasteiger charge is -2.05. The van der Waals surface area contributed by atoms with Gasteiger partial charge in [-0.25, -0.2) is 8.78 Å². The molecule has 0 aliphatic heterocycles. The van der Waals surface area contributed by atoms with Crippen molar-refractivity contribution in [2.24, 2.45) is 0 Å². The molecule has 1 N–H and O–H groups in total. The fourth-order valence-corrected chi connectivity index (χ4v) is 1.37. The Morgan fingerprint density at radius 1 is 1.31 bits per heavy atom. The second kappa shape index (κ2) is 5.70. The van der Waals surface area contributed by atoms with E-state index in [0.29, 0.717) is 6.54 Å². The van der Waals surface area contributed by atoms with Crippen molar-refractivity contribution in [3.05, 3.63) is 34.9 Å². The molecule has 0 spiro atoms. The summed E-state index contributed by atoms with van der Waals surface area (Å²) in [5, 5.41) is 2.96. The van der Waals surface area contributed by atoms with E-state index in [1.54, 1.807) is 0 Å². The van der Waals surface area contributed by atoms with Crippen LogP contribution in [0.15, 0.2) is 12.1 Å². The van der Waals surface area contributed by atoms with Crippen LogP contribution in [0.2, 0.25) is 0 Å². The molecule has 0 aromatic heterocycles. The van der Waals surface area contributed by atoms with Crippen molar-refractivity contribution in [1.29, 1.82) is 0 Å². The van der Waals surface area contributed by atoms with Gasteiger partial charge in [0.05, 0.1) is 5.56 Å². The minimum Gasteiger partial charge on any atom is -0.317 e. The van der Waals surface area contributed by atoms with Crippen LogP contribution in [0.25, 0.3) is 0 Å². The van der Waals surface area contributed by atoms with Gasteiger partial charge < -0.3 is 5.32 Å². The smallest absolute Gasteiger partial charge is 0.169 e. The number of benzene rings is 1. The zero-order valence-electron chi connectivity index (χ0n) is 9.44. The Balaban J connectivity index is 2.80. The highest BCUT2D eigenvalue weighted by Gasteiger charge is 2.16. The number of carbonyl (C=O) groups excluding carboxylic acids is 1. The molecule has 1 aromatic carbocycles. The van der Waals surface area contributed by atoms with E-state index >= 15 is 0 Å². The highest BCUT2D eigenvalue weighted by Crippen LogP contribution is 2.16. The number of halogens is 2. The summed E-state index contributed by atoms with van der Waals surface area (Å²) >= 11 is 0. The molecule has 0 saturated heterocycles. The predicted octanol–water partition coefficient (Wildman–Crippen LogP) is 2.46. The number of Topliss-reactive ketones (excluding diaryl/α,β-unsaturated/α-hetero) is 1. The van der Waals surface area contributed by atoms with Crippen LogP contribution in [0.4, 0.5) is 8.78 Å². The van der Waals surface area contributed by atoms with Crippen LogP contribution in [0.3, 0.4) is 0 Å². The van der Waals surface area contributed by atoms with Gasteiger partial charge >= 0.3 is 0 Å². The van der Waals surface area contributed by atoms with Crippen LogP contribution in [-0.2, 0) is 0 Å². The minimum atomic E-state index is -1.04. The molecule has 16 heavy (non-hydrogen) atoms. The molecule has 1 rings (SSSR count). The van der Waals surface area contributed by atoms with Gasteiger partial charge in [0, 0.05) is 13.0 Å². The molecule has 0 saturated carbocycles. The van der Waals surface area contributed by atoms with E-state index in [-0.39, 0.29) is 23.3 Å². The molecule has 1 aromatic rings. The maximum Gasteiger partial charge on any atom is 0.169 e. The normalized spacial score (nSPS) is 10.5. The standard InChI is InChI=1S/C12H15F2NO/c1-3-15-7-6-10(16)9-5-4-8(2)11(13)12(9)14/h4-5,15H,3,6-7H2,1-2H3. The van der Waals surface area contributed by atoms with Crippen molar-refractivity contribution in [3.63, 3.8) is 0 Å². The average molecular weight is 227 g/mol. The van der Waals surface area contributed by atoms with Gasteiger partial charge in [-0.15, -0.1) is 0 Å². The third kappa shape index (κ3) is 2.85. The van der Waals surface area contributed by atoms with Crippen molar-refractivity contribution in [2.75, 3.05) is 13.1 Å². The lowest BCUT2D eigenvalue weighted by atomic mass is 10.1. The van der Waals surface area contributed by atoms with Crippen LogP contribution in [-0.4, -0.2) is 18.9 Å². The topological polar surface area (TPSA) is 29.1 Å². The molecule has 0 radical (unpaired) electrons. The third-order valence-electron chi connectivity index (χ3n) is 2.35. The van der Waals surface area contributed by atoms with E-state index in [4.69, 9.17) is 0 Å². The highest BCUT2D eigenvalue weighted by molar-refractivity contribution is 5.96. The summed E-state index contributed by atoms with van der Waals surface area (Å²) in [5.41, 5.74) is 0.0433. The first-order valence-electron chi connectivity index (χ1n) is 5.26. The summed E-state index contributed by atoms with van der Waals surface area (Å²) in [6.07, 6.45) is 0.174. The molecular formula is C12H15F2NO. The zero-order valence-corrected chi connectivity index (χ0v) is 9.44. The van der Waals surface area contributed by atoms with Gasteiger partial charge in [0.2, 0.25) is 0 Å². The summed E-state index contributed by atoms with van der Waals surface area (Å²) in [5.74, 6) is -2.35. The van der Waals surface area contributed by atoms with Crippen molar-refractivity contribution in [1.82, 2.24) is 5.32 Å². The summed E-state index contributed by atoms with van der Waals surface area (Å²) in [6, 6.07) is 2.75. The van der Waals surface area contributed by atoms with Gasteiger partial charge in [-0.05, 0) is 25.1 Å². The summed E-state index contributed by atoms with van der Waals surface area (Å²) < 4.78 is 26.6. The minimum absolute atomic E-state index is 0.166. The van der Waals surface area contributed by atoms with E-state index in [1.807, 2.05) is 6.92 Å². The lowest BCUT2D eigenvalue weighted by Crippen LogP contribution is -2.18. The van der Waals surface area contributed by atoms with Crippen LogP contribution in [0.1, 0.15) is 29.3 Å². The molecule has 0 heterocycles. The van der Waals surface area contributed by atoms with Crippen LogP contribution in [0, 0.1) is 18.6 Å². The number of nitrogens with one attached hydrogen (secondary N) is 1. The first kappa shape index (κ1) is 12.8. The number of rotatable bonds is 5. The number of aryl methyl sites for hydroxylation is 1. The second-order valence-corrected chi connectivity index (χ2v) is 3.58. The fraction of sp³-hybridized carbons (Fsp3) is 0.417. The Kier molecular flexibility index (Phi) is 4.55. The molecule has 0 atom stereocenters. The summed E-state index contributed by atoms with van der Waals surface area (Å²) in [6.45, 7) is 4.60. The first-order valence-corrected chi connectivity index (χ1v) is 5.26. The zero-order chi connectivity index (χ0) is 12.1. The molecule has 88 valence electrons. The highest BCUT2D eigenvalue weighted by atomic mass is 19.2. The molecular weight excluding hydrogens is 212 g/mol. The second-order valence-electron chi connectivity index (χ2n) is 3.58. The molecule has 2 nitrogen and oxygen atoms in total. The van der Waals surface area contributed by atoms with Gasteiger partial charge in [-0.1, -0.05) is 13.0 Å². The molecule has 0 unspecified atom stereocenters. The Hall–Kier alpha value is -1.29. The van der Waals surface area contributed by atoms with Crippen molar-refractivity contribution in [2.45, 2.75) is 20.3 Å². The molecule has 0 aliphatic rings. The Morgan fingerprint density at radius 2 is 2.00 bits per heavy atom. The summed E-state index contributed by atoms with van der Waals surface area (Å²) in [4.78, 5) is 11.6. The van der Waals surface area contributed by atoms with Gasteiger partial charge in [0.25, 0.3) is 0 Å². The molecule has 0 fully saturated rings. The average Bonchev–Trinajstić information content (AvgIpc) is 2.26. The van der Waals surface area contributed by atoms with Crippen LogP contribution in [0.5, 0.6) is 0 Å². The number of ketones is 1. The van der Waals surface area contributed by atoms with Crippen molar-refractivity contribution >= 4 is 5.78 Å². The monoisotopic (exact) mass is 227 g/mol. The van der Waals surface area contributed by atoms with E-state index < -0.39 is 11.6 Å². The Labute approximate surface area is 93.7 Å². The van der Waals surface area contributed by atoms with Gasteiger partial charge in [-0.3, -0.25) is 4.79 Å². The summed E-state index contributed by atoms with van der Waals surface area (Å²) in [7, 11) is 0. The largest absolute Gasteiger partial charge is 0.317 e. The van der Waals surface area contributed by atoms with E-state index in [9.17, 15) is 13.6 Å². The SMILES string of the molecule is CCNCCC(=O)c1ccc(C)c(F)c1F. The van der Waals surface area contributed by atoms with E-state index in [0.717, 1.165) is 6.54 Å². The molecule has 0 aliphatic carbocycles. The van der Waals surface area contributed by atoms with Crippen LogP contribution < -0.4 is 5.32 Å². The van der Waals surface area contributed by atoms with E-state index in [2.05, 4.69) is 5.32 Å². The Bertz CT molecular complexity index is 391. The van der Waals surface area contributed by atoms with Gasteiger partial charge in [-0.2, -0.15) is 0 Å². The van der Waals surface area contributed by atoms with Gasteiger partial charge in [0.1, 0.15) is 0 Å². The maximum atomic E-state index is 13.4. The Morgan fingerprint density at radius 3 is 2.62 bits per heavy atom. The molecule has 0 bridgehead atoms. The third-order valence-corrected chi connectivity index (χ3v) is 2.35. The lowest BCUT2D eigenvalue weighted by molar-refractivity contribution is 0.0978. The predicted molar refractivity (Wildman–Crippen MR) is 58.6 cm³/mol. The molecule has 0 amide bonds.